The Morgan fingerprint density at radius 1 is 1.26 bits per heavy atom. The number of alkyl halides is 3. The highest BCUT2D eigenvalue weighted by Gasteiger charge is 2.30. The molecule has 0 saturated heterocycles. The Morgan fingerprint density at radius 2 is 1.95 bits per heavy atom. The lowest BCUT2D eigenvalue weighted by atomic mass is 10.0. The van der Waals surface area contributed by atoms with Crippen LogP contribution in [0.25, 0.3) is 0 Å². The molecule has 3 N–H and O–H groups in total. The van der Waals surface area contributed by atoms with E-state index in [0.717, 1.165) is 23.4 Å². The summed E-state index contributed by atoms with van der Waals surface area (Å²) >= 11 is 1.44. The standard InChI is InChI=1S/C12H12F3N3S/c13-12(14,15)9-3-1-8(2-4-9)5-10(18-16)11-6-19-7-17-11/h1-4,6-7,10,18H,5,16H2. The van der Waals surface area contributed by atoms with Crippen molar-refractivity contribution in [1.82, 2.24) is 10.4 Å². The lowest BCUT2D eigenvalue weighted by Crippen LogP contribution is -2.29. The molecule has 1 unspecified atom stereocenters. The first-order valence-electron chi connectivity index (χ1n) is 5.51. The van der Waals surface area contributed by atoms with Gasteiger partial charge in [-0.25, -0.2) is 4.98 Å². The number of aromatic nitrogens is 1. The molecule has 3 nitrogen and oxygen atoms in total. The summed E-state index contributed by atoms with van der Waals surface area (Å²) in [6.45, 7) is 0. The molecule has 0 amide bonds. The van der Waals surface area contributed by atoms with Gasteiger partial charge in [0, 0.05) is 5.38 Å². The van der Waals surface area contributed by atoms with Crippen molar-refractivity contribution in [2.75, 3.05) is 0 Å². The molecule has 102 valence electrons. The van der Waals surface area contributed by atoms with Gasteiger partial charge in [0.1, 0.15) is 0 Å². The van der Waals surface area contributed by atoms with Crippen LogP contribution in [-0.2, 0) is 12.6 Å². The van der Waals surface area contributed by atoms with Gasteiger partial charge in [-0.05, 0) is 24.1 Å². The molecule has 1 aromatic heterocycles. The van der Waals surface area contributed by atoms with Crippen LogP contribution in [-0.4, -0.2) is 4.98 Å². The summed E-state index contributed by atoms with van der Waals surface area (Å²) in [7, 11) is 0. The van der Waals surface area contributed by atoms with E-state index in [1.165, 1.54) is 23.5 Å². The summed E-state index contributed by atoms with van der Waals surface area (Å²) < 4.78 is 37.3. The number of hydrazine groups is 1. The van der Waals surface area contributed by atoms with Crippen molar-refractivity contribution in [3.63, 3.8) is 0 Å². The van der Waals surface area contributed by atoms with Crippen molar-refractivity contribution < 1.29 is 13.2 Å². The molecule has 0 aliphatic rings. The lowest BCUT2D eigenvalue weighted by Gasteiger charge is -2.14. The zero-order chi connectivity index (χ0) is 13.9. The Labute approximate surface area is 112 Å². The van der Waals surface area contributed by atoms with Crippen LogP contribution in [0, 0.1) is 0 Å². The van der Waals surface area contributed by atoms with Crippen molar-refractivity contribution in [2.45, 2.75) is 18.6 Å². The van der Waals surface area contributed by atoms with Gasteiger partial charge in [0.2, 0.25) is 0 Å². The number of nitrogens with zero attached hydrogens (tertiary/aromatic N) is 1. The van der Waals surface area contributed by atoms with Crippen LogP contribution in [0.5, 0.6) is 0 Å². The highest BCUT2D eigenvalue weighted by Crippen LogP contribution is 2.29. The van der Waals surface area contributed by atoms with Crippen LogP contribution in [0.3, 0.4) is 0 Å². The molecule has 1 aromatic carbocycles. The first-order valence-corrected chi connectivity index (χ1v) is 6.45. The zero-order valence-corrected chi connectivity index (χ0v) is 10.6. The Kier molecular flexibility index (Phi) is 4.18. The first kappa shape index (κ1) is 14.0. The van der Waals surface area contributed by atoms with Crippen LogP contribution >= 0.6 is 11.3 Å². The van der Waals surface area contributed by atoms with E-state index in [0.29, 0.717) is 6.42 Å². The Bertz CT molecular complexity index is 508. The summed E-state index contributed by atoms with van der Waals surface area (Å²) in [5, 5.41) is 1.86. The van der Waals surface area contributed by atoms with Gasteiger partial charge in [0.15, 0.2) is 0 Å². The fourth-order valence-corrected chi connectivity index (χ4v) is 2.32. The smallest absolute Gasteiger partial charge is 0.271 e. The highest BCUT2D eigenvalue weighted by molar-refractivity contribution is 7.07. The van der Waals surface area contributed by atoms with E-state index in [-0.39, 0.29) is 6.04 Å². The normalized spacial score (nSPS) is 13.5. The third-order valence-electron chi connectivity index (χ3n) is 2.73. The Morgan fingerprint density at radius 3 is 2.42 bits per heavy atom. The predicted molar refractivity (Wildman–Crippen MR) is 67.3 cm³/mol. The van der Waals surface area contributed by atoms with Crippen LogP contribution in [0.2, 0.25) is 0 Å². The van der Waals surface area contributed by atoms with Crippen LogP contribution in [0.15, 0.2) is 35.2 Å². The minimum Gasteiger partial charge on any atom is -0.271 e. The molecule has 1 atom stereocenters. The predicted octanol–water partition coefficient (Wildman–Crippen LogP) is 2.91. The summed E-state index contributed by atoms with van der Waals surface area (Å²) in [6.07, 6.45) is -3.82. The van der Waals surface area contributed by atoms with Crippen molar-refractivity contribution >= 4 is 11.3 Å². The monoisotopic (exact) mass is 287 g/mol. The molecule has 0 fully saturated rings. The first-order chi connectivity index (χ1) is 9.00. The lowest BCUT2D eigenvalue weighted by molar-refractivity contribution is -0.137. The van der Waals surface area contributed by atoms with Crippen molar-refractivity contribution in [1.29, 1.82) is 0 Å². The fourth-order valence-electron chi connectivity index (χ4n) is 1.71. The van der Waals surface area contributed by atoms with Gasteiger partial charge in [-0.2, -0.15) is 13.2 Å². The minimum absolute atomic E-state index is 0.206. The third kappa shape index (κ3) is 3.52. The number of thiazole rings is 1. The molecular formula is C12H12F3N3S. The van der Waals surface area contributed by atoms with E-state index >= 15 is 0 Å². The maximum absolute atomic E-state index is 12.4. The second kappa shape index (κ2) is 5.68. The molecule has 2 rings (SSSR count). The van der Waals surface area contributed by atoms with E-state index in [2.05, 4.69) is 10.4 Å². The zero-order valence-electron chi connectivity index (χ0n) is 9.82. The second-order valence-corrected chi connectivity index (χ2v) is 4.75. The number of hydrogen-bond acceptors (Lipinski definition) is 4. The van der Waals surface area contributed by atoms with E-state index < -0.39 is 11.7 Å². The number of rotatable bonds is 4. The molecule has 19 heavy (non-hydrogen) atoms. The molecule has 7 heteroatoms. The van der Waals surface area contributed by atoms with Crippen LogP contribution in [0.4, 0.5) is 13.2 Å². The van der Waals surface area contributed by atoms with Gasteiger partial charge >= 0.3 is 6.18 Å². The van der Waals surface area contributed by atoms with Gasteiger partial charge in [0.25, 0.3) is 0 Å². The molecule has 0 aliphatic heterocycles. The Balaban J connectivity index is 2.11. The summed E-state index contributed by atoms with van der Waals surface area (Å²) in [4.78, 5) is 4.14. The van der Waals surface area contributed by atoms with Gasteiger partial charge in [-0.15, -0.1) is 11.3 Å². The number of nitrogens with two attached hydrogens (primary N) is 1. The number of nitrogens with one attached hydrogen (secondary N) is 1. The van der Waals surface area contributed by atoms with Gasteiger partial charge < -0.3 is 0 Å². The molecule has 0 bridgehead atoms. The topological polar surface area (TPSA) is 50.9 Å². The maximum atomic E-state index is 12.4. The molecule has 1 heterocycles. The van der Waals surface area contributed by atoms with Crippen LogP contribution < -0.4 is 11.3 Å². The van der Waals surface area contributed by atoms with Crippen LogP contribution in [0.1, 0.15) is 22.9 Å². The molecular weight excluding hydrogens is 275 g/mol. The summed E-state index contributed by atoms with van der Waals surface area (Å²) in [5.74, 6) is 5.45. The second-order valence-electron chi connectivity index (χ2n) is 4.03. The SMILES string of the molecule is NNC(Cc1ccc(C(F)(F)F)cc1)c1cscn1. The minimum atomic E-state index is -4.31. The van der Waals surface area contributed by atoms with Gasteiger partial charge in [-0.3, -0.25) is 11.3 Å². The Hall–Kier alpha value is -1.44. The van der Waals surface area contributed by atoms with E-state index in [4.69, 9.17) is 5.84 Å². The van der Waals surface area contributed by atoms with Crippen molar-refractivity contribution in [3.8, 4) is 0 Å². The average molecular weight is 287 g/mol. The van der Waals surface area contributed by atoms with Crippen molar-refractivity contribution in [3.05, 3.63) is 52.0 Å². The number of halogens is 3. The highest BCUT2D eigenvalue weighted by atomic mass is 32.1. The molecule has 0 spiro atoms. The summed E-state index contributed by atoms with van der Waals surface area (Å²) in [5.41, 5.74) is 5.21. The van der Waals surface area contributed by atoms with E-state index in [1.54, 1.807) is 5.51 Å². The fraction of sp³-hybridized carbons (Fsp3) is 0.250. The average Bonchev–Trinajstić information content (AvgIpc) is 2.89. The maximum Gasteiger partial charge on any atom is 0.416 e. The van der Waals surface area contributed by atoms with Gasteiger partial charge in [0.05, 0.1) is 22.8 Å². The quantitative estimate of drug-likeness (QED) is 0.671. The van der Waals surface area contributed by atoms with E-state index in [9.17, 15) is 13.2 Å². The van der Waals surface area contributed by atoms with Gasteiger partial charge in [-0.1, -0.05) is 12.1 Å². The number of benzene rings is 1. The molecule has 0 saturated carbocycles. The number of hydrogen-bond donors (Lipinski definition) is 2. The molecule has 0 aliphatic carbocycles. The molecule has 2 aromatic rings. The largest absolute Gasteiger partial charge is 0.416 e. The third-order valence-corrected chi connectivity index (χ3v) is 3.34. The van der Waals surface area contributed by atoms with Crippen molar-refractivity contribution in [2.24, 2.45) is 5.84 Å². The van der Waals surface area contributed by atoms with E-state index in [1.807, 2.05) is 5.38 Å². The summed E-state index contributed by atoms with van der Waals surface area (Å²) in [6, 6.07) is 4.86. The molecule has 0 radical (unpaired) electrons.